The summed E-state index contributed by atoms with van der Waals surface area (Å²) in [5.41, 5.74) is 6.02. The average Bonchev–Trinajstić information content (AvgIpc) is 2.91. The van der Waals surface area contributed by atoms with Gasteiger partial charge in [-0.05, 0) is 55.0 Å². The molecule has 2 N–H and O–H groups in total. The number of nitrogens with zero attached hydrogens (tertiary/aromatic N) is 1. The molecule has 0 radical (unpaired) electrons. The monoisotopic (exact) mass is 254 g/mol. The summed E-state index contributed by atoms with van der Waals surface area (Å²) in [5, 5.41) is 12.4. The minimum Gasteiger partial charge on any atom is -0.396 e. The van der Waals surface area contributed by atoms with Crippen LogP contribution in [0.2, 0.25) is 0 Å². The molecule has 0 bridgehead atoms. The van der Waals surface area contributed by atoms with Crippen molar-refractivity contribution in [1.82, 2.24) is 4.98 Å². The summed E-state index contributed by atoms with van der Waals surface area (Å²) in [6, 6.07) is 10.3. The first-order chi connectivity index (χ1) is 9.36. The molecule has 1 aromatic carbocycles. The first-order valence-electron chi connectivity index (χ1n) is 6.80. The number of hydrogen-bond acceptors (Lipinski definition) is 3. The fourth-order valence-corrected chi connectivity index (χ4v) is 2.62. The Hall–Kier alpha value is -1.87. The lowest BCUT2D eigenvalue weighted by molar-refractivity contribution is 0.299. The summed E-state index contributed by atoms with van der Waals surface area (Å²) in [5.74, 6) is 0. The van der Waals surface area contributed by atoms with Crippen molar-refractivity contribution in [2.24, 2.45) is 0 Å². The quantitative estimate of drug-likeness (QED) is 0.882. The van der Waals surface area contributed by atoms with Crippen molar-refractivity contribution in [3.8, 4) is 0 Å². The van der Waals surface area contributed by atoms with Gasteiger partial charge in [-0.2, -0.15) is 0 Å². The normalized spacial score (nSPS) is 13.3. The number of fused-ring (bicyclic) bond motifs is 1. The van der Waals surface area contributed by atoms with E-state index in [9.17, 15) is 0 Å². The summed E-state index contributed by atoms with van der Waals surface area (Å²) in [6.45, 7) is 0.199. The summed E-state index contributed by atoms with van der Waals surface area (Å²) in [4.78, 5) is 4.43. The van der Waals surface area contributed by atoms with E-state index in [1.54, 1.807) is 0 Å². The van der Waals surface area contributed by atoms with Gasteiger partial charge in [-0.25, -0.2) is 0 Å². The van der Waals surface area contributed by atoms with Crippen molar-refractivity contribution in [2.75, 3.05) is 11.9 Å². The van der Waals surface area contributed by atoms with Gasteiger partial charge in [-0.1, -0.05) is 12.1 Å². The third-order valence-corrected chi connectivity index (χ3v) is 3.62. The van der Waals surface area contributed by atoms with E-state index in [-0.39, 0.29) is 6.61 Å². The minimum atomic E-state index is 0.199. The van der Waals surface area contributed by atoms with E-state index in [0.29, 0.717) is 6.42 Å². The zero-order chi connectivity index (χ0) is 13.1. The molecule has 0 spiro atoms. The lowest BCUT2D eigenvalue weighted by Gasteiger charge is -2.11. The average molecular weight is 254 g/mol. The van der Waals surface area contributed by atoms with Gasteiger partial charge in [0.2, 0.25) is 0 Å². The summed E-state index contributed by atoms with van der Waals surface area (Å²) in [6.07, 6.45) is 6.02. The molecule has 0 unspecified atom stereocenters. The number of rotatable bonds is 4. The van der Waals surface area contributed by atoms with Crippen molar-refractivity contribution < 1.29 is 5.11 Å². The van der Waals surface area contributed by atoms with E-state index in [2.05, 4.69) is 34.6 Å². The smallest absolute Gasteiger partial charge is 0.0471 e. The molecular formula is C16H18N2O. The van der Waals surface area contributed by atoms with Crippen molar-refractivity contribution in [3.63, 3.8) is 0 Å². The standard InChI is InChI=1S/C16H18N2O/c19-11-9-12-4-6-13(7-5-12)18-16-8-10-17-15-3-1-2-14(15)16/h4-8,10,19H,1-3,9,11H2,(H,17,18). The van der Waals surface area contributed by atoms with Crippen LogP contribution < -0.4 is 5.32 Å². The third kappa shape index (κ3) is 2.61. The van der Waals surface area contributed by atoms with Gasteiger partial charge in [-0.3, -0.25) is 4.98 Å². The molecule has 3 rings (SSSR count). The molecule has 0 saturated heterocycles. The highest BCUT2D eigenvalue weighted by Crippen LogP contribution is 2.29. The Bertz CT molecular complexity index is 563. The van der Waals surface area contributed by atoms with Crippen LogP contribution in [0.5, 0.6) is 0 Å². The van der Waals surface area contributed by atoms with Gasteiger partial charge in [0.1, 0.15) is 0 Å². The van der Waals surface area contributed by atoms with Crippen molar-refractivity contribution in [2.45, 2.75) is 25.7 Å². The SMILES string of the molecule is OCCc1ccc(Nc2ccnc3c2CCC3)cc1. The van der Waals surface area contributed by atoms with Gasteiger partial charge in [0, 0.05) is 29.9 Å². The zero-order valence-electron chi connectivity index (χ0n) is 10.9. The fourth-order valence-electron chi connectivity index (χ4n) is 2.62. The highest BCUT2D eigenvalue weighted by atomic mass is 16.2. The molecule has 2 aromatic rings. The number of benzene rings is 1. The van der Waals surface area contributed by atoms with Crippen LogP contribution in [0.15, 0.2) is 36.5 Å². The Labute approximate surface area is 113 Å². The first kappa shape index (κ1) is 12.2. The predicted octanol–water partition coefficient (Wildman–Crippen LogP) is 2.85. The number of aliphatic hydroxyl groups excluding tert-OH is 1. The second kappa shape index (κ2) is 5.41. The molecule has 1 aliphatic carbocycles. The van der Waals surface area contributed by atoms with E-state index in [1.807, 2.05) is 12.3 Å². The molecular weight excluding hydrogens is 236 g/mol. The highest BCUT2D eigenvalue weighted by molar-refractivity contribution is 5.64. The number of aryl methyl sites for hydroxylation is 1. The molecule has 3 heteroatoms. The number of aromatic nitrogens is 1. The lowest BCUT2D eigenvalue weighted by Crippen LogP contribution is -1.98. The molecule has 0 amide bonds. The molecule has 1 heterocycles. The summed E-state index contributed by atoms with van der Waals surface area (Å²) in [7, 11) is 0. The second-order valence-corrected chi connectivity index (χ2v) is 4.93. The Morgan fingerprint density at radius 3 is 2.74 bits per heavy atom. The summed E-state index contributed by atoms with van der Waals surface area (Å²) < 4.78 is 0. The second-order valence-electron chi connectivity index (χ2n) is 4.93. The van der Waals surface area contributed by atoms with Crippen molar-refractivity contribution >= 4 is 11.4 Å². The molecule has 98 valence electrons. The lowest BCUT2D eigenvalue weighted by atomic mass is 10.1. The van der Waals surface area contributed by atoms with Gasteiger partial charge < -0.3 is 10.4 Å². The zero-order valence-corrected chi connectivity index (χ0v) is 10.9. The Kier molecular flexibility index (Phi) is 3.47. The fraction of sp³-hybridized carbons (Fsp3) is 0.312. The van der Waals surface area contributed by atoms with Gasteiger partial charge in [0.05, 0.1) is 0 Å². The molecule has 0 atom stereocenters. The van der Waals surface area contributed by atoms with E-state index in [4.69, 9.17) is 5.11 Å². The van der Waals surface area contributed by atoms with Gasteiger partial charge in [0.15, 0.2) is 0 Å². The maximum atomic E-state index is 8.91. The molecule has 0 saturated carbocycles. The van der Waals surface area contributed by atoms with Crippen molar-refractivity contribution in [1.29, 1.82) is 0 Å². The first-order valence-corrected chi connectivity index (χ1v) is 6.80. The minimum absolute atomic E-state index is 0.199. The molecule has 0 fully saturated rings. The maximum absolute atomic E-state index is 8.91. The van der Waals surface area contributed by atoms with Gasteiger partial charge in [0.25, 0.3) is 0 Å². The molecule has 0 aliphatic heterocycles. The number of hydrogen-bond donors (Lipinski definition) is 2. The van der Waals surface area contributed by atoms with Crippen LogP contribution in [0.1, 0.15) is 23.2 Å². The van der Waals surface area contributed by atoms with Gasteiger partial charge in [-0.15, -0.1) is 0 Å². The summed E-state index contributed by atoms with van der Waals surface area (Å²) >= 11 is 0. The Morgan fingerprint density at radius 1 is 1.11 bits per heavy atom. The van der Waals surface area contributed by atoms with Crippen LogP contribution in [0.3, 0.4) is 0 Å². The van der Waals surface area contributed by atoms with E-state index >= 15 is 0 Å². The van der Waals surface area contributed by atoms with Crippen LogP contribution in [0.25, 0.3) is 0 Å². The van der Waals surface area contributed by atoms with E-state index in [1.165, 1.54) is 23.4 Å². The Balaban J connectivity index is 1.80. The number of pyridine rings is 1. The van der Waals surface area contributed by atoms with E-state index in [0.717, 1.165) is 24.1 Å². The molecule has 19 heavy (non-hydrogen) atoms. The van der Waals surface area contributed by atoms with Crippen molar-refractivity contribution in [3.05, 3.63) is 53.3 Å². The largest absolute Gasteiger partial charge is 0.396 e. The number of aliphatic hydroxyl groups is 1. The van der Waals surface area contributed by atoms with E-state index < -0.39 is 0 Å². The van der Waals surface area contributed by atoms with Crippen LogP contribution >= 0.6 is 0 Å². The molecule has 1 aliphatic rings. The van der Waals surface area contributed by atoms with Crippen LogP contribution in [-0.4, -0.2) is 16.7 Å². The number of nitrogens with one attached hydrogen (secondary N) is 1. The number of anilines is 2. The predicted molar refractivity (Wildman–Crippen MR) is 76.8 cm³/mol. The molecule has 3 nitrogen and oxygen atoms in total. The van der Waals surface area contributed by atoms with Crippen LogP contribution in [-0.2, 0) is 19.3 Å². The third-order valence-electron chi connectivity index (χ3n) is 3.62. The Morgan fingerprint density at radius 2 is 1.95 bits per heavy atom. The molecule has 1 aromatic heterocycles. The highest BCUT2D eigenvalue weighted by Gasteiger charge is 2.15. The maximum Gasteiger partial charge on any atom is 0.0471 e. The topological polar surface area (TPSA) is 45.1 Å². The van der Waals surface area contributed by atoms with Crippen LogP contribution in [0, 0.1) is 0 Å². The van der Waals surface area contributed by atoms with Crippen LogP contribution in [0.4, 0.5) is 11.4 Å². The van der Waals surface area contributed by atoms with Gasteiger partial charge >= 0.3 is 0 Å².